The number of rotatable bonds is 59. The van der Waals surface area contributed by atoms with Crippen molar-refractivity contribution in [1.29, 1.82) is 0 Å². The molecule has 1 amide bonds. The molecule has 1 heterocycles. The zero-order valence-electron chi connectivity index (χ0n) is 50.0. The van der Waals surface area contributed by atoms with Crippen LogP contribution in [0.5, 0.6) is 0 Å². The molecule has 11 heteroatoms. The Morgan fingerprint density at radius 1 is 0.408 bits per heavy atom. The number of carbonyl (C=O) groups excluding carboxylic acids is 1. The smallest absolute Gasteiger partial charge is 0.249 e. The first-order valence-electron chi connectivity index (χ1n) is 33.4. The molecule has 8 N–H and O–H groups in total. The van der Waals surface area contributed by atoms with Crippen LogP contribution in [-0.4, -0.2) is 110 Å². The van der Waals surface area contributed by atoms with E-state index in [0.29, 0.717) is 19.3 Å². The Balaban J connectivity index is 2.05. The zero-order valence-corrected chi connectivity index (χ0v) is 50.0. The molecule has 0 bridgehead atoms. The van der Waals surface area contributed by atoms with Crippen LogP contribution in [0.15, 0.2) is 0 Å². The average molecular weight is 1080 g/mol. The minimum atomic E-state index is -1.66. The van der Waals surface area contributed by atoms with Gasteiger partial charge in [-0.2, -0.15) is 0 Å². The number of hydrogen-bond acceptors (Lipinski definition) is 10. The monoisotopic (exact) mass is 1080 g/mol. The van der Waals surface area contributed by atoms with Crippen LogP contribution in [0.2, 0.25) is 0 Å². The van der Waals surface area contributed by atoms with Crippen LogP contribution in [0.3, 0.4) is 0 Å². The van der Waals surface area contributed by atoms with E-state index in [1.807, 2.05) is 0 Å². The predicted octanol–water partition coefficient (Wildman–Crippen LogP) is 15.3. The quantitative estimate of drug-likeness (QED) is 0.0272. The van der Waals surface area contributed by atoms with Crippen molar-refractivity contribution in [2.24, 2.45) is 0 Å². The number of carbonyl (C=O) groups is 1. The van der Waals surface area contributed by atoms with Crippen molar-refractivity contribution < 1.29 is 50.0 Å². The number of amides is 1. The Bertz CT molecular complexity index is 1200. The minimum Gasteiger partial charge on any atom is -0.394 e. The van der Waals surface area contributed by atoms with E-state index in [2.05, 4.69) is 19.2 Å². The molecule has 454 valence electrons. The third kappa shape index (κ3) is 42.0. The Kier molecular flexibility index (Phi) is 52.6. The van der Waals surface area contributed by atoms with Crippen LogP contribution in [0, 0.1) is 0 Å². The van der Waals surface area contributed by atoms with Crippen LogP contribution in [-0.2, 0) is 14.3 Å². The first-order valence-corrected chi connectivity index (χ1v) is 33.4. The average Bonchev–Trinajstić information content (AvgIpc) is 3.42. The van der Waals surface area contributed by atoms with E-state index in [1.54, 1.807) is 0 Å². The van der Waals surface area contributed by atoms with Crippen LogP contribution in [0.25, 0.3) is 0 Å². The van der Waals surface area contributed by atoms with Gasteiger partial charge < -0.3 is 50.5 Å². The Labute approximate surface area is 469 Å². The fraction of sp³-hybridized carbons (Fsp3) is 0.985. The fourth-order valence-electron chi connectivity index (χ4n) is 11.3. The first-order chi connectivity index (χ1) is 37.2. The molecule has 1 fully saturated rings. The number of hydrogen-bond donors (Lipinski definition) is 8. The SMILES string of the molecule is CCCCCCCCCCCCCCCCCCCCCCCCCCCCCCCCCCCCCCCCC(O)C(=O)NC(COC1OC(CO)C(O)C(O)C1O)C(O)C(O)CCCCCCCCCCCCC. The van der Waals surface area contributed by atoms with Gasteiger partial charge in [0.25, 0.3) is 0 Å². The van der Waals surface area contributed by atoms with E-state index in [0.717, 1.165) is 38.5 Å². The van der Waals surface area contributed by atoms with Crippen LogP contribution in [0.4, 0.5) is 0 Å². The molecule has 0 saturated carbocycles. The molecule has 1 aliphatic rings. The van der Waals surface area contributed by atoms with Gasteiger partial charge in [-0.05, 0) is 12.8 Å². The third-order valence-corrected chi connectivity index (χ3v) is 16.7. The van der Waals surface area contributed by atoms with Gasteiger partial charge in [0.1, 0.15) is 36.6 Å². The van der Waals surface area contributed by atoms with Crippen molar-refractivity contribution in [1.82, 2.24) is 5.32 Å². The summed E-state index contributed by atoms with van der Waals surface area (Å²) in [4.78, 5) is 13.2. The van der Waals surface area contributed by atoms with Gasteiger partial charge in [-0.25, -0.2) is 0 Å². The highest BCUT2D eigenvalue weighted by Gasteiger charge is 2.44. The van der Waals surface area contributed by atoms with Gasteiger partial charge in [0.15, 0.2) is 6.29 Å². The standard InChI is InChI=1S/C65H129NO10/c1-3-5-7-9-11-13-15-16-17-18-19-20-21-22-23-24-25-26-27-28-29-30-31-32-33-34-35-36-37-38-39-40-41-43-45-47-49-51-53-58(69)64(74)66-56(55-75-65-63(73)62(72)61(71)59(54-67)76-65)60(70)57(68)52-50-48-46-44-42-14-12-10-8-6-4-2/h56-63,65,67-73H,3-55H2,1-2H3,(H,66,74). The summed E-state index contributed by atoms with van der Waals surface area (Å²) in [6, 6.07) is -1.16. The largest absolute Gasteiger partial charge is 0.394 e. The van der Waals surface area contributed by atoms with Crippen LogP contribution in [0.1, 0.15) is 341 Å². The number of aliphatic hydroxyl groups is 7. The van der Waals surface area contributed by atoms with Gasteiger partial charge in [0.2, 0.25) is 5.91 Å². The highest BCUT2D eigenvalue weighted by atomic mass is 16.7. The molecule has 76 heavy (non-hydrogen) atoms. The van der Waals surface area contributed by atoms with Crippen molar-refractivity contribution in [3.8, 4) is 0 Å². The number of unbranched alkanes of at least 4 members (excludes halogenated alkanes) is 47. The number of ether oxygens (including phenoxy) is 2. The van der Waals surface area contributed by atoms with Gasteiger partial charge >= 0.3 is 0 Å². The normalized spacial score (nSPS) is 19.5. The highest BCUT2D eigenvalue weighted by molar-refractivity contribution is 5.80. The Morgan fingerprint density at radius 3 is 0.974 bits per heavy atom. The van der Waals surface area contributed by atoms with Gasteiger partial charge in [-0.15, -0.1) is 0 Å². The predicted molar refractivity (Wildman–Crippen MR) is 316 cm³/mol. The lowest BCUT2D eigenvalue weighted by Crippen LogP contribution is -2.60. The van der Waals surface area contributed by atoms with Crippen LogP contribution >= 0.6 is 0 Å². The molecule has 1 saturated heterocycles. The molecule has 1 aliphatic heterocycles. The molecular weight excluding hydrogens is 955 g/mol. The molecule has 0 aromatic carbocycles. The molecule has 0 aliphatic carbocycles. The first kappa shape index (κ1) is 73.1. The summed E-state index contributed by atoms with van der Waals surface area (Å²) in [7, 11) is 0. The lowest BCUT2D eigenvalue weighted by atomic mass is 9.98. The van der Waals surface area contributed by atoms with Gasteiger partial charge in [-0.3, -0.25) is 4.79 Å². The van der Waals surface area contributed by atoms with Gasteiger partial charge in [0, 0.05) is 0 Å². The van der Waals surface area contributed by atoms with E-state index in [9.17, 15) is 40.5 Å². The number of aliphatic hydroxyl groups excluding tert-OH is 7. The fourth-order valence-corrected chi connectivity index (χ4v) is 11.3. The topological polar surface area (TPSA) is 189 Å². The van der Waals surface area contributed by atoms with Crippen LogP contribution < -0.4 is 5.32 Å². The third-order valence-electron chi connectivity index (χ3n) is 16.7. The molecular formula is C65H129NO10. The summed E-state index contributed by atoms with van der Waals surface area (Å²) < 4.78 is 11.1. The molecule has 9 atom stereocenters. The van der Waals surface area contributed by atoms with E-state index in [-0.39, 0.29) is 6.42 Å². The Hall–Kier alpha value is -0.890. The summed E-state index contributed by atoms with van der Waals surface area (Å²) >= 11 is 0. The maximum absolute atomic E-state index is 13.2. The molecule has 11 nitrogen and oxygen atoms in total. The highest BCUT2D eigenvalue weighted by Crippen LogP contribution is 2.24. The van der Waals surface area contributed by atoms with Crippen molar-refractivity contribution in [2.45, 2.75) is 396 Å². The molecule has 1 rings (SSSR count). The van der Waals surface area contributed by atoms with Crippen molar-refractivity contribution in [2.75, 3.05) is 13.2 Å². The second-order valence-corrected chi connectivity index (χ2v) is 23.9. The van der Waals surface area contributed by atoms with Gasteiger partial charge in [-0.1, -0.05) is 328 Å². The second kappa shape index (κ2) is 54.7. The maximum atomic E-state index is 13.2. The lowest BCUT2D eigenvalue weighted by Gasteiger charge is -2.40. The molecule has 0 aromatic heterocycles. The van der Waals surface area contributed by atoms with Gasteiger partial charge in [0.05, 0.1) is 25.4 Å². The molecule has 9 unspecified atom stereocenters. The van der Waals surface area contributed by atoms with Crippen molar-refractivity contribution >= 4 is 5.91 Å². The van der Waals surface area contributed by atoms with E-state index >= 15 is 0 Å². The molecule has 0 aromatic rings. The summed E-state index contributed by atoms with van der Waals surface area (Å²) in [5.74, 6) is -0.690. The van der Waals surface area contributed by atoms with Crippen molar-refractivity contribution in [3.05, 3.63) is 0 Å². The Morgan fingerprint density at radius 2 is 0.684 bits per heavy atom. The van der Waals surface area contributed by atoms with E-state index in [1.165, 1.54) is 263 Å². The summed E-state index contributed by atoms with van der Waals surface area (Å²) in [5, 5.41) is 76.1. The zero-order chi connectivity index (χ0) is 55.4. The minimum absolute atomic E-state index is 0.267. The van der Waals surface area contributed by atoms with E-state index in [4.69, 9.17) is 9.47 Å². The van der Waals surface area contributed by atoms with Crippen molar-refractivity contribution in [3.63, 3.8) is 0 Å². The molecule has 0 spiro atoms. The maximum Gasteiger partial charge on any atom is 0.249 e. The second-order valence-electron chi connectivity index (χ2n) is 23.9. The summed E-state index contributed by atoms with van der Waals surface area (Å²) in [6.45, 7) is 3.48. The van der Waals surface area contributed by atoms with E-state index < -0.39 is 74.2 Å². The number of nitrogens with one attached hydrogen (secondary N) is 1. The summed E-state index contributed by atoms with van der Waals surface area (Å²) in [6.07, 6.45) is 53.7. The lowest BCUT2D eigenvalue weighted by molar-refractivity contribution is -0.303. The summed E-state index contributed by atoms with van der Waals surface area (Å²) in [5.41, 5.74) is 0. The molecule has 0 radical (unpaired) electrons.